The highest BCUT2D eigenvalue weighted by Gasteiger charge is 2.36. The van der Waals surface area contributed by atoms with Crippen LogP contribution in [0.25, 0.3) is 0 Å². The van der Waals surface area contributed by atoms with Gasteiger partial charge in [0.15, 0.2) is 0 Å². The number of hydrogen-bond acceptors (Lipinski definition) is 3. The number of carbonyl (C=O) groups is 1. The molecule has 112 valence electrons. The van der Waals surface area contributed by atoms with Gasteiger partial charge in [0, 0.05) is 27.8 Å². The predicted molar refractivity (Wildman–Crippen MR) is 86.3 cm³/mol. The normalized spacial score (nSPS) is 26.7. The number of benzene rings is 1. The van der Waals surface area contributed by atoms with Gasteiger partial charge in [0.05, 0.1) is 0 Å². The van der Waals surface area contributed by atoms with Gasteiger partial charge >= 0.3 is 0 Å². The first-order valence-electron chi connectivity index (χ1n) is 7.82. The summed E-state index contributed by atoms with van der Waals surface area (Å²) < 4.78 is 1.01. The first-order chi connectivity index (χ1) is 10.2. The molecular formula is C16H20BrN3O. The number of rotatable bonds is 3. The van der Waals surface area contributed by atoms with E-state index in [4.69, 9.17) is 0 Å². The summed E-state index contributed by atoms with van der Waals surface area (Å²) in [5, 5.41) is 6.55. The number of carbonyl (C=O) groups excluding carboxylic acids is 1. The molecule has 1 amide bonds. The van der Waals surface area contributed by atoms with Crippen molar-refractivity contribution in [1.29, 1.82) is 0 Å². The minimum atomic E-state index is -0.215. The summed E-state index contributed by atoms with van der Waals surface area (Å²) in [6.07, 6.45) is 5.03. The third kappa shape index (κ3) is 2.62. The Morgan fingerprint density at radius 3 is 2.67 bits per heavy atom. The maximum absolute atomic E-state index is 12.2. The smallest absolute Gasteiger partial charge is 0.246 e. The fourth-order valence-corrected chi connectivity index (χ4v) is 4.14. The van der Waals surface area contributed by atoms with Crippen molar-refractivity contribution in [3.8, 4) is 0 Å². The third-order valence-corrected chi connectivity index (χ3v) is 5.55. The minimum Gasteiger partial charge on any atom is -0.324 e. The lowest BCUT2D eigenvalue weighted by atomic mass is 10.0. The van der Waals surface area contributed by atoms with Crippen LogP contribution in [0.5, 0.6) is 0 Å². The second-order valence-electron chi connectivity index (χ2n) is 6.33. The summed E-state index contributed by atoms with van der Waals surface area (Å²) in [6, 6.07) is 7.01. The molecule has 0 spiro atoms. The molecule has 2 N–H and O–H groups in total. The highest BCUT2D eigenvalue weighted by atomic mass is 79.9. The van der Waals surface area contributed by atoms with Crippen LogP contribution >= 0.6 is 15.9 Å². The van der Waals surface area contributed by atoms with Crippen molar-refractivity contribution in [2.45, 2.75) is 43.8 Å². The summed E-state index contributed by atoms with van der Waals surface area (Å²) in [5.74, 6) is 0.0709. The average Bonchev–Trinajstić information content (AvgIpc) is 3.26. The molecule has 1 aromatic carbocycles. The van der Waals surface area contributed by atoms with E-state index in [1.165, 1.54) is 25.9 Å². The minimum absolute atomic E-state index is 0.0709. The van der Waals surface area contributed by atoms with E-state index in [2.05, 4.69) is 31.5 Å². The second kappa shape index (κ2) is 5.38. The van der Waals surface area contributed by atoms with Crippen LogP contribution in [0.2, 0.25) is 0 Å². The number of halogens is 1. The standard InChI is InChI=1S/C16H20BrN3O/c17-12-2-1-3-13-14(12)15(16(21)19-13)18-10-6-8-20(9-7-10)11-4-5-11/h1-3,10-11,15,18H,4-9H2,(H,19,21). The molecule has 0 bridgehead atoms. The maximum atomic E-state index is 12.2. The molecule has 4 rings (SSSR count). The summed E-state index contributed by atoms with van der Waals surface area (Å²) in [5.41, 5.74) is 1.99. The molecule has 1 unspecified atom stereocenters. The molecule has 21 heavy (non-hydrogen) atoms. The van der Waals surface area contributed by atoms with Crippen LogP contribution in [0.15, 0.2) is 22.7 Å². The highest BCUT2D eigenvalue weighted by Crippen LogP contribution is 2.37. The summed E-state index contributed by atoms with van der Waals surface area (Å²) >= 11 is 3.58. The number of anilines is 1. The van der Waals surface area contributed by atoms with Gasteiger partial charge in [-0.05, 0) is 50.9 Å². The van der Waals surface area contributed by atoms with Crippen molar-refractivity contribution in [3.63, 3.8) is 0 Å². The van der Waals surface area contributed by atoms with Gasteiger partial charge in [-0.2, -0.15) is 0 Å². The van der Waals surface area contributed by atoms with Crippen LogP contribution in [0, 0.1) is 0 Å². The van der Waals surface area contributed by atoms with Crippen molar-refractivity contribution in [2.24, 2.45) is 0 Å². The largest absolute Gasteiger partial charge is 0.324 e. The predicted octanol–water partition coefficient (Wildman–Crippen LogP) is 2.66. The Hall–Kier alpha value is -0.910. The van der Waals surface area contributed by atoms with E-state index in [0.717, 1.165) is 34.6 Å². The van der Waals surface area contributed by atoms with E-state index in [9.17, 15) is 4.79 Å². The van der Waals surface area contributed by atoms with Gasteiger partial charge in [0.1, 0.15) is 6.04 Å². The van der Waals surface area contributed by atoms with Gasteiger partial charge in [0.25, 0.3) is 0 Å². The number of hydrogen-bond donors (Lipinski definition) is 2. The molecule has 1 saturated carbocycles. The number of amides is 1. The van der Waals surface area contributed by atoms with Crippen LogP contribution in [0.1, 0.15) is 37.3 Å². The van der Waals surface area contributed by atoms with Crippen molar-refractivity contribution in [3.05, 3.63) is 28.2 Å². The van der Waals surface area contributed by atoms with Crippen LogP contribution in [-0.4, -0.2) is 36.0 Å². The fourth-order valence-electron chi connectivity index (χ4n) is 3.54. The van der Waals surface area contributed by atoms with Gasteiger partial charge in [-0.25, -0.2) is 0 Å². The van der Waals surface area contributed by atoms with Gasteiger partial charge in [0.2, 0.25) is 5.91 Å². The van der Waals surface area contributed by atoms with Crippen LogP contribution in [0.3, 0.4) is 0 Å². The SMILES string of the molecule is O=C1Nc2cccc(Br)c2C1NC1CCN(C2CC2)CC1. The number of piperidine rings is 1. The zero-order valence-corrected chi connectivity index (χ0v) is 13.5. The number of nitrogens with one attached hydrogen (secondary N) is 2. The third-order valence-electron chi connectivity index (χ3n) is 4.86. The summed E-state index contributed by atoms with van der Waals surface area (Å²) in [7, 11) is 0. The summed E-state index contributed by atoms with van der Waals surface area (Å²) in [6.45, 7) is 2.33. The lowest BCUT2D eigenvalue weighted by Gasteiger charge is -2.33. The Morgan fingerprint density at radius 1 is 1.19 bits per heavy atom. The number of fused-ring (bicyclic) bond motifs is 1. The lowest BCUT2D eigenvalue weighted by molar-refractivity contribution is -0.118. The summed E-state index contributed by atoms with van der Waals surface area (Å²) in [4.78, 5) is 14.8. The van der Waals surface area contributed by atoms with Gasteiger partial charge in [-0.15, -0.1) is 0 Å². The van der Waals surface area contributed by atoms with Crippen LogP contribution < -0.4 is 10.6 Å². The van der Waals surface area contributed by atoms with Crippen LogP contribution in [-0.2, 0) is 4.79 Å². The molecule has 1 aromatic rings. The molecule has 0 radical (unpaired) electrons. The second-order valence-corrected chi connectivity index (χ2v) is 7.19. The molecular weight excluding hydrogens is 330 g/mol. The van der Waals surface area contributed by atoms with Gasteiger partial charge in [-0.1, -0.05) is 22.0 Å². The average molecular weight is 350 g/mol. The molecule has 2 heterocycles. The highest BCUT2D eigenvalue weighted by molar-refractivity contribution is 9.10. The topological polar surface area (TPSA) is 44.4 Å². The van der Waals surface area contributed by atoms with Crippen molar-refractivity contribution in [1.82, 2.24) is 10.2 Å². The monoisotopic (exact) mass is 349 g/mol. The number of nitrogens with zero attached hydrogens (tertiary/aromatic N) is 1. The van der Waals surface area contributed by atoms with Crippen molar-refractivity contribution < 1.29 is 4.79 Å². The Labute approximate surface area is 133 Å². The van der Waals surface area contributed by atoms with E-state index < -0.39 is 0 Å². The first-order valence-corrected chi connectivity index (χ1v) is 8.61. The molecule has 2 aliphatic heterocycles. The first kappa shape index (κ1) is 13.7. The molecule has 1 atom stereocenters. The zero-order chi connectivity index (χ0) is 14.4. The Morgan fingerprint density at radius 2 is 1.95 bits per heavy atom. The number of likely N-dealkylation sites (tertiary alicyclic amines) is 1. The van der Waals surface area contributed by atoms with E-state index in [0.29, 0.717) is 6.04 Å². The van der Waals surface area contributed by atoms with Crippen molar-refractivity contribution >= 4 is 27.5 Å². The van der Waals surface area contributed by atoms with Gasteiger partial charge < -0.3 is 10.2 Å². The molecule has 1 saturated heterocycles. The maximum Gasteiger partial charge on any atom is 0.246 e. The Balaban J connectivity index is 1.44. The van der Waals surface area contributed by atoms with Gasteiger partial charge in [-0.3, -0.25) is 10.1 Å². The fraction of sp³-hybridized carbons (Fsp3) is 0.562. The molecule has 1 aliphatic carbocycles. The van der Waals surface area contributed by atoms with Crippen LogP contribution in [0.4, 0.5) is 5.69 Å². The zero-order valence-electron chi connectivity index (χ0n) is 11.9. The molecule has 3 aliphatic rings. The van der Waals surface area contributed by atoms with E-state index >= 15 is 0 Å². The lowest BCUT2D eigenvalue weighted by Crippen LogP contribution is -2.45. The molecule has 0 aromatic heterocycles. The molecule has 2 fully saturated rings. The van der Waals surface area contributed by atoms with E-state index in [-0.39, 0.29) is 11.9 Å². The Bertz CT molecular complexity index is 565. The molecule has 4 nitrogen and oxygen atoms in total. The van der Waals surface area contributed by atoms with Crippen molar-refractivity contribution in [2.75, 3.05) is 18.4 Å². The Kier molecular flexibility index (Phi) is 3.52. The quantitative estimate of drug-likeness (QED) is 0.881. The van der Waals surface area contributed by atoms with E-state index in [1.54, 1.807) is 0 Å². The van der Waals surface area contributed by atoms with E-state index in [1.807, 2.05) is 18.2 Å². The molecule has 5 heteroatoms.